The number of carbonyl (C=O) groups excluding carboxylic acids is 1. The summed E-state index contributed by atoms with van der Waals surface area (Å²) < 4.78 is 40.0. The summed E-state index contributed by atoms with van der Waals surface area (Å²) in [5, 5.41) is 5.68. The maximum absolute atomic E-state index is 13.6. The first-order valence-corrected chi connectivity index (χ1v) is 12.8. The molecule has 1 aliphatic heterocycles. The summed E-state index contributed by atoms with van der Waals surface area (Å²) in [7, 11) is 5.27. The molecule has 2 fully saturated rings. The number of amides is 2. The van der Waals surface area contributed by atoms with Gasteiger partial charge in [-0.1, -0.05) is 6.07 Å². The molecule has 8 nitrogen and oxygen atoms in total. The number of nitrogens with zero attached hydrogens (tertiary/aromatic N) is 3. The molecule has 5 rings (SSSR count). The fourth-order valence-electron chi connectivity index (χ4n) is 6.10. The van der Waals surface area contributed by atoms with E-state index in [-0.39, 0.29) is 23.2 Å². The summed E-state index contributed by atoms with van der Waals surface area (Å²) in [5.74, 6) is 0.419. The number of likely N-dealkylation sites (tertiary alicyclic amines) is 1. The van der Waals surface area contributed by atoms with E-state index in [0.717, 1.165) is 50.2 Å². The van der Waals surface area contributed by atoms with E-state index in [9.17, 15) is 13.6 Å². The maximum Gasteiger partial charge on any atom is 0.319 e. The Kier molecular flexibility index (Phi) is 7.25. The lowest BCUT2D eigenvalue weighted by Gasteiger charge is -2.45. The number of imidazole rings is 1. The number of hydrogen-bond acceptors (Lipinski definition) is 5. The molecule has 1 aliphatic carbocycles. The van der Waals surface area contributed by atoms with Gasteiger partial charge < -0.3 is 24.7 Å². The van der Waals surface area contributed by atoms with Crippen LogP contribution in [0.5, 0.6) is 11.5 Å². The molecule has 202 valence electrons. The molecule has 2 amide bonds. The number of carbonyl (C=O) groups is 1. The average Bonchev–Trinajstić information content (AvgIpc) is 3.49. The first-order chi connectivity index (χ1) is 18.3. The number of urea groups is 1. The highest BCUT2D eigenvalue weighted by atomic mass is 19.2. The van der Waals surface area contributed by atoms with Gasteiger partial charge in [-0.05, 0) is 62.1 Å². The Bertz CT molecular complexity index is 1320. The minimum Gasteiger partial charge on any atom is -0.493 e. The van der Waals surface area contributed by atoms with Crippen LogP contribution in [-0.2, 0) is 19.0 Å². The molecule has 2 N–H and O–H groups in total. The number of rotatable bonds is 7. The summed E-state index contributed by atoms with van der Waals surface area (Å²) >= 11 is 0. The second-order valence-corrected chi connectivity index (χ2v) is 10.1. The SMILES string of the molecule is COc1ccc([C@@]23CC[C@@H](NC(=O)Nc4ccc(F)c(F)c4)C[C@@H]2N(Cc2nccn2C)CC3)cc1OC. The van der Waals surface area contributed by atoms with Crippen LogP contribution in [0.3, 0.4) is 0 Å². The molecular weight excluding hydrogens is 492 g/mol. The molecule has 1 saturated carbocycles. The van der Waals surface area contributed by atoms with Crippen LogP contribution in [0.2, 0.25) is 0 Å². The zero-order valence-corrected chi connectivity index (χ0v) is 21.8. The Morgan fingerprint density at radius 3 is 2.63 bits per heavy atom. The van der Waals surface area contributed by atoms with Crippen molar-refractivity contribution in [2.75, 3.05) is 26.1 Å². The van der Waals surface area contributed by atoms with Gasteiger partial charge >= 0.3 is 6.03 Å². The molecule has 2 heterocycles. The number of ether oxygens (including phenoxy) is 2. The van der Waals surface area contributed by atoms with Crippen LogP contribution < -0.4 is 20.1 Å². The highest BCUT2D eigenvalue weighted by Crippen LogP contribution is 2.50. The second-order valence-electron chi connectivity index (χ2n) is 10.1. The molecule has 1 aromatic heterocycles. The number of anilines is 1. The monoisotopic (exact) mass is 525 g/mol. The molecular formula is C28H33F2N5O3. The van der Waals surface area contributed by atoms with E-state index in [1.165, 1.54) is 11.6 Å². The third kappa shape index (κ3) is 4.92. The van der Waals surface area contributed by atoms with Gasteiger partial charge in [-0.15, -0.1) is 0 Å². The van der Waals surface area contributed by atoms with E-state index in [2.05, 4.69) is 32.7 Å². The lowest BCUT2D eigenvalue weighted by Crippen LogP contribution is -2.53. The van der Waals surface area contributed by atoms with Crippen molar-refractivity contribution in [1.29, 1.82) is 0 Å². The molecule has 1 saturated heterocycles. The van der Waals surface area contributed by atoms with E-state index in [1.54, 1.807) is 20.4 Å². The van der Waals surface area contributed by atoms with E-state index >= 15 is 0 Å². The Labute approximate surface area is 220 Å². The highest BCUT2D eigenvalue weighted by Gasteiger charge is 2.52. The number of aryl methyl sites for hydroxylation is 1. The van der Waals surface area contributed by atoms with Crippen molar-refractivity contribution in [3.8, 4) is 11.5 Å². The summed E-state index contributed by atoms with van der Waals surface area (Å²) in [6, 6.07) is 9.11. The fourth-order valence-corrected chi connectivity index (χ4v) is 6.10. The lowest BCUT2D eigenvalue weighted by atomic mass is 9.65. The van der Waals surface area contributed by atoms with Crippen molar-refractivity contribution >= 4 is 11.7 Å². The zero-order valence-electron chi connectivity index (χ0n) is 21.8. The molecule has 0 bridgehead atoms. The topological polar surface area (TPSA) is 80.7 Å². The number of aromatic nitrogens is 2. The standard InChI is InChI=1S/C28H33F2N5O3/c1-34-13-11-31-26(34)17-35-12-10-28(18-4-7-23(37-2)24(14-18)38-3)9-8-20(16-25(28)35)33-27(36)32-19-5-6-21(29)22(30)15-19/h4-7,11,13-15,20,25H,8-10,12,16-17H2,1-3H3,(H2,32,33,36)/t20-,25+,28+/m1/s1. The molecule has 10 heteroatoms. The molecule has 0 unspecified atom stereocenters. The van der Waals surface area contributed by atoms with E-state index < -0.39 is 17.7 Å². The molecule has 38 heavy (non-hydrogen) atoms. The Morgan fingerprint density at radius 2 is 1.92 bits per heavy atom. The number of nitrogens with one attached hydrogen (secondary N) is 2. The third-order valence-corrected chi connectivity index (χ3v) is 8.11. The van der Waals surface area contributed by atoms with Gasteiger partial charge in [0.25, 0.3) is 0 Å². The summed E-state index contributed by atoms with van der Waals surface area (Å²) in [6.07, 6.45) is 7.13. The minimum atomic E-state index is -1.00. The molecule has 0 spiro atoms. The lowest BCUT2D eigenvalue weighted by molar-refractivity contribution is 0.128. The first kappa shape index (κ1) is 26.0. The Hall–Kier alpha value is -3.66. The van der Waals surface area contributed by atoms with Crippen LogP contribution in [0, 0.1) is 11.6 Å². The normalized spacial score (nSPS) is 23.1. The Morgan fingerprint density at radius 1 is 1.11 bits per heavy atom. The van der Waals surface area contributed by atoms with Crippen LogP contribution in [0.25, 0.3) is 0 Å². The molecule has 2 aliphatic rings. The Balaban J connectivity index is 1.38. The number of hydrogen-bond donors (Lipinski definition) is 2. The van der Waals surface area contributed by atoms with Crippen molar-refractivity contribution in [2.24, 2.45) is 7.05 Å². The van der Waals surface area contributed by atoms with Gasteiger partial charge in [0, 0.05) is 48.7 Å². The number of benzene rings is 2. The second kappa shape index (κ2) is 10.6. The van der Waals surface area contributed by atoms with Crippen molar-refractivity contribution in [1.82, 2.24) is 19.8 Å². The third-order valence-electron chi connectivity index (χ3n) is 8.11. The van der Waals surface area contributed by atoms with Gasteiger partial charge in [0.1, 0.15) is 5.82 Å². The summed E-state index contributed by atoms with van der Waals surface area (Å²) in [5.41, 5.74) is 1.29. The smallest absolute Gasteiger partial charge is 0.319 e. The van der Waals surface area contributed by atoms with Gasteiger partial charge in [0.15, 0.2) is 23.1 Å². The van der Waals surface area contributed by atoms with Crippen molar-refractivity contribution in [2.45, 2.75) is 49.7 Å². The van der Waals surface area contributed by atoms with Gasteiger partial charge in [-0.2, -0.15) is 0 Å². The van der Waals surface area contributed by atoms with E-state index in [1.807, 2.05) is 23.9 Å². The van der Waals surface area contributed by atoms with Crippen LogP contribution in [0.4, 0.5) is 19.3 Å². The molecule has 2 aromatic carbocycles. The van der Waals surface area contributed by atoms with Crippen molar-refractivity contribution in [3.63, 3.8) is 0 Å². The predicted molar refractivity (Wildman–Crippen MR) is 139 cm³/mol. The van der Waals surface area contributed by atoms with Crippen LogP contribution >= 0.6 is 0 Å². The first-order valence-electron chi connectivity index (χ1n) is 12.8. The van der Waals surface area contributed by atoms with E-state index in [4.69, 9.17) is 9.47 Å². The maximum atomic E-state index is 13.6. The van der Waals surface area contributed by atoms with Crippen LogP contribution in [-0.4, -0.2) is 53.3 Å². The van der Waals surface area contributed by atoms with Crippen LogP contribution in [0.15, 0.2) is 48.8 Å². The van der Waals surface area contributed by atoms with Crippen LogP contribution in [0.1, 0.15) is 37.1 Å². The number of fused-ring (bicyclic) bond motifs is 1. The predicted octanol–water partition coefficient (Wildman–Crippen LogP) is 4.60. The largest absolute Gasteiger partial charge is 0.493 e. The van der Waals surface area contributed by atoms with Crippen molar-refractivity contribution < 1.29 is 23.0 Å². The quantitative estimate of drug-likeness (QED) is 0.471. The zero-order chi connectivity index (χ0) is 26.9. The van der Waals surface area contributed by atoms with Crippen molar-refractivity contribution in [3.05, 3.63) is 71.8 Å². The molecule has 0 radical (unpaired) electrons. The van der Waals surface area contributed by atoms with E-state index in [0.29, 0.717) is 18.0 Å². The minimum absolute atomic E-state index is 0.0828. The van der Waals surface area contributed by atoms with Gasteiger partial charge in [-0.25, -0.2) is 18.6 Å². The van der Waals surface area contributed by atoms with Gasteiger partial charge in [0.05, 0.1) is 20.8 Å². The van der Waals surface area contributed by atoms with Gasteiger partial charge in [-0.3, -0.25) is 4.90 Å². The summed E-state index contributed by atoms with van der Waals surface area (Å²) in [4.78, 5) is 19.8. The fraction of sp³-hybridized carbons (Fsp3) is 0.429. The highest BCUT2D eigenvalue weighted by molar-refractivity contribution is 5.89. The molecule has 3 atom stereocenters. The van der Waals surface area contributed by atoms with Gasteiger partial charge in [0.2, 0.25) is 0 Å². The number of methoxy groups -OCH3 is 2. The molecule has 3 aromatic rings. The summed E-state index contributed by atoms with van der Waals surface area (Å²) in [6.45, 7) is 1.61. The number of halogens is 2. The average molecular weight is 526 g/mol.